The maximum atomic E-state index is 13.5. The number of ether oxygens (including phenoxy) is 2. The highest BCUT2D eigenvalue weighted by Crippen LogP contribution is 3.02. The third-order valence-corrected chi connectivity index (χ3v) is 4.55. The first-order chi connectivity index (χ1) is 12.3. The molecule has 0 saturated carbocycles. The highest BCUT2D eigenvalue weighted by molar-refractivity contribution is 8.45. The zero-order valence-electron chi connectivity index (χ0n) is 14.1. The van der Waals surface area contributed by atoms with Crippen molar-refractivity contribution in [2.45, 2.75) is 24.7 Å². The minimum Gasteiger partial charge on any atom is -0.494 e. The SMILES string of the molecule is CCCCOc1ccc(C(=O)Oc2ccc(S(F)(F)(F)(F)F)c(F)c2)cc1. The Bertz CT molecular complexity index is 835. The Morgan fingerprint density at radius 2 is 1.56 bits per heavy atom. The van der Waals surface area contributed by atoms with Crippen LogP contribution >= 0.6 is 10.2 Å². The number of halogens is 6. The fraction of sp³-hybridized carbons (Fsp3) is 0.235. The molecule has 0 unspecified atom stereocenters. The van der Waals surface area contributed by atoms with Gasteiger partial charge in [-0.15, -0.1) is 0 Å². The topological polar surface area (TPSA) is 35.5 Å². The number of hydrogen-bond donors (Lipinski definition) is 0. The van der Waals surface area contributed by atoms with E-state index in [0.717, 1.165) is 12.8 Å². The van der Waals surface area contributed by atoms with E-state index in [4.69, 9.17) is 9.47 Å². The second-order valence-corrected chi connectivity index (χ2v) is 8.05. The van der Waals surface area contributed by atoms with Gasteiger partial charge < -0.3 is 9.47 Å². The van der Waals surface area contributed by atoms with E-state index in [1.807, 2.05) is 6.92 Å². The molecule has 2 aromatic carbocycles. The Kier molecular flexibility index (Phi) is 5.17. The molecule has 0 aromatic heterocycles. The predicted molar refractivity (Wildman–Crippen MR) is 89.6 cm³/mol. The third-order valence-electron chi connectivity index (χ3n) is 3.39. The van der Waals surface area contributed by atoms with Crippen molar-refractivity contribution >= 4 is 16.2 Å². The number of carbonyl (C=O) groups excluding carboxylic acids is 1. The Morgan fingerprint density at radius 1 is 0.963 bits per heavy atom. The summed E-state index contributed by atoms with van der Waals surface area (Å²) in [5.41, 5.74) is 0.0232. The van der Waals surface area contributed by atoms with Gasteiger partial charge >= 0.3 is 16.2 Å². The molecular weight excluding hydrogens is 398 g/mol. The molecule has 0 saturated heterocycles. The van der Waals surface area contributed by atoms with Crippen molar-refractivity contribution in [3.63, 3.8) is 0 Å². The number of hydrogen-bond acceptors (Lipinski definition) is 3. The Balaban J connectivity index is 2.11. The van der Waals surface area contributed by atoms with Crippen molar-refractivity contribution < 1.29 is 38.1 Å². The van der Waals surface area contributed by atoms with E-state index < -0.39 is 32.7 Å². The fourth-order valence-electron chi connectivity index (χ4n) is 2.05. The first kappa shape index (κ1) is 20.9. The van der Waals surface area contributed by atoms with Crippen molar-refractivity contribution in [1.82, 2.24) is 0 Å². The second-order valence-electron chi connectivity index (χ2n) is 5.68. The van der Waals surface area contributed by atoms with Gasteiger partial charge in [-0.3, -0.25) is 0 Å². The molecule has 10 heteroatoms. The predicted octanol–water partition coefficient (Wildman–Crippen LogP) is 6.88. The standard InChI is InChI=1S/C17H16F6O3S/c1-2-3-10-25-13-6-4-12(5-7-13)17(24)26-14-8-9-16(15(18)11-14)27(19,20,21,22)23/h4-9,11H,2-3,10H2,1H3. The molecule has 0 amide bonds. The maximum absolute atomic E-state index is 13.5. The van der Waals surface area contributed by atoms with Gasteiger partial charge in [0.1, 0.15) is 22.2 Å². The Labute approximate surface area is 151 Å². The molecule has 0 radical (unpaired) electrons. The quantitative estimate of drug-likeness (QED) is 0.214. The highest BCUT2D eigenvalue weighted by atomic mass is 32.5. The summed E-state index contributed by atoms with van der Waals surface area (Å²) in [4.78, 5) is 9.29. The van der Waals surface area contributed by atoms with E-state index in [-0.39, 0.29) is 17.7 Å². The van der Waals surface area contributed by atoms with Crippen LogP contribution in [-0.2, 0) is 0 Å². The second kappa shape index (κ2) is 6.66. The molecule has 0 fully saturated rings. The summed E-state index contributed by atoms with van der Waals surface area (Å²) in [6, 6.07) is 6.08. The van der Waals surface area contributed by atoms with Crippen LogP contribution in [0.15, 0.2) is 47.4 Å². The molecule has 0 atom stereocenters. The third kappa shape index (κ3) is 5.81. The summed E-state index contributed by atoms with van der Waals surface area (Å²) in [6.07, 6.45) is 1.80. The lowest BCUT2D eigenvalue weighted by Gasteiger charge is -2.40. The van der Waals surface area contributed by atoms with Crippen LogP contribution in [0.5, 0.6) is 11.5 Å². The van der Waals surface area contributed by atoms with Crippen molar-refractivity contribution in [2.24, 2.45) is 0 Å². The molecule has 2 rings (SSSR count). The van der Waals surface area contributed by atoms with E-state index in [9.17, 15) is 28.6 Å². The zero-order valence-corrected chi connectivity index (χ0v) is 14.9. The first-order valence-electron chi connectivity index (χ1n) is 7.79. The molecule has 0 bridgehead atoms. The summed E-state index contributed by atoms with van der Waals surface area (Å²) in [7, 11) is -10.2. The molecule has 0 spiro atoms. The van der Waals surface area contributed by atoms with E-state index >= 15 is 0 Å². The minimum atomic E-state index is -10.2. The van der Waals surface area contributed by atoms with Crippen molar-refractivity contribution in [2.75, 3.05) is 6.61 Å². The average Bonchev–Trinajstić information content (AvgIpc) is 2.53. The van der Waals surface area contributed by atoms with Gasteiger partial charge in [0.25, 0.3) is 0 Å². The van der Waals surface area contributed by atoms with Gasteiger partial charge in [0.2, 0.25) is 0 Å². The van der Waals surface area contributed by atoms with Crippen LogP contribution in [-0.4, -0.2) is 12.6 Å². The van der Waals surface area contributed by atoms with Gasteiger partial charge in [-0.05, 0) is 42.8 Å². The molecule has 0 aliphatic rings. The van der Waals surface area contributed by atoms with Crippen LogP contribution in [0.25, 0.3) is 0 Å². The summed E-state index contributed by atoms with van der Waals surface area (Å²) >= 11 is 0. The lowest BCUT2D eigenvalue weighted by Crippen LogP contribution is -2.11. The Hall–Kier alpha value is -2.36. The van der Waals surface area contributed by atoms with Crippen LogP contribution in [0.3, 0.4) is 0 Å². The number of benzene rings is 2. The largest absolute Gasteiger partial charge is 0.494 e. The smallest absolute Gasteiger partial charge is 0.343 e. The van der Waals surface area contributed by atoms with Gasteiger partial charge in [0.15, 0.2) is 0 Å². The summed E-state index contributed by atoms with van der Waals surface area (Å²) < 4.78 is 86.9. The van der Waals surface area contributed by atoms with Crippen LogP contribution in [0.1, 0.15) is 30.1 Å². The molecule has 0 aliphatic heterocycles. The van der Waals surface area contributed by atoms with E-state index in [0.29, 0.717) is 18.4 Å². The lowest BCUT2D eigenvalue weighted by molar-refractivity contribution is 0.0734. The molecule has 150 valence electrons. The molecule has 2 aromatic rings. The minimum absolute atomic E-state index is 0.0232. The summed E-state index contributed by atoms with van der Waals surface area (Å²) in [5, 5.41) is 0. The van der Waals surface area contributed by atoms with Gasteiger partial charge in [-0.25, -0.2) is 9.18 Å². The van der Waals surface area contributed by atoms with Crippen molar-refractivity contribution in [1.29, 1.82) is 0 Å². The van der Waals surface area contributed by atoms with Gasteiger partial charge in [-0.2, -0.15) is 0 Å². The van der Waals surface area contributed by atoms with Crippen LogP contribution in [0.4, 0.5) is 23.8 Å². The number of unbranched alkanes of at least 4 members (excludes halogenated alkanes) is 1. The number of carbonyl (C=O) groups is 1. The monoisotopic (exact) mass is 414 g/mol. The summed E-state index contributed by atoms with van der Waals surface area (Å²) in [6.45, 7) is 2.49. The van der Waals surface area contributed by atoms with Gasteiger partial charge in [0, 0.05) is 6.07 Å². The van der Waals surface area contributed by atoms with Crippen molar-refractivity contribution in [3.8, 4) is 11.5 Å². The normalized spacial score (nSPS) is 14.2. The van der Waals surface area contributed by atoms with Gasteiger partial charge in [0.05, 0.1) is 12.2 Å². The van der Waals surface area contributed by atoms with Crippen molar-refractivity contribution in [3.05, 3.63) is 53.8 Å². The van der Waals surface area contributed by atoms with Crippen LogP contribution in [0.2, 0.25) is 0 Å². The molecule has 3 nitrogen and oxygen atoms in total. The maximum Gasteiger partial charge on any atom is 0.343 e. The molecular formula is C17H16F6O3S. The summed E-state index contributed by atoms with van der Waals surface area (Å²) in [5.74, 6) is -3.34. The van der Waals surface area contributed by atoms with Gasteiger partial charge in [-0.1, -0.05) is 32.8 Å². The van der Waals surface area contributed by atoms with E-state index in [1.54, 1.807) is 0 Å². The van der Waals surface area contributed by atoms with E-state index in [2.05, 4.69) is 0 Å². The average molecular weight is 414 g/mol. The zero-order chi connectivity index (χ0) is 20.4. The Morgan fingerprint density at radius 3 is 2.07 bits per heavy atom. The molecule has 27 heavy (non-hydrogen) atoms. The van der Waals surface area contributed by atoms with Crippen LogP contribution < -0.4 is 9.47 Å². The number of rotatable bonds is 7. The fourth-order valence-corrected chi connectivity index (χ4v) is 2.80. The highest BCUT2D eigenvalue weighted by Gasteiger charge is 2.67. The van der Waals surface area contributed by atoms with Crippen LogP contribution in [0, 0.1) is 5.82 Å². The lowest BCUT2D eigenvalue weighted by atomic mass is 10.2. The molecule has 0 heterocycles. The molecule has 0 N–H and O–H groups in total. The van der Waals surface area contributed by atoms with E-state index in [1.165, 1.54) is 24.3 Å². The number of esters is 1. The first-order valence-corrected chi connectivity index (χ1v) is 9.74. The molecule has 0 aliphatic carbocycles.